The zero-order valence-corrected chi connectivity index (χ0v) is 49.7. The van der Waals surface area contributed by atoms with Gasteiger partial charge < -0.3 is 14.2 Å². The maximum absolute atomic E-state index is 12.9. The Morgan fingerprint density at radius 1 is 0.276 bits per heavy atom. The highest BCUT2D eigenvalue weighted by Gasteiger charge is 2.19. The molecule has 0 aliphatic heterocycles. The van der Waals surface area contributed by atoms with Crippen LogP contribution in [0, 0.1) is 0 Å². The molecule has 0 amide bonds. The van der Waals surface area contributed by atoms with Gasteiger partial charge in [0.25, 0.3) is 0 Å². The first-order valence-corrected chi connectivity index (χ1v) is 31.9. The van der Waals surface area contributed by atoms with E-state index in [0.717, 1.165) is 96.3 Å². The number of carbonyl (C=O) groups is 3. The first-order chi connectivity index (χ1) is 37.5. The molecule has 0 aromatic heterocycles. The van der Waals surface area contributed by atoms with Gasteiger partial charge >= 0.3 is 17.9 Å². The average molecular weight is 1060 g/mol. The number of allylic oxidation sites excluding steroid dienone is 18. The predicted octanol–water partition coefficient (Wildman–Crippen LogP) is 21.8. The fourth-order valence-electron chi connectivity index (χ4n) is 8.72. The average Bonchev–Trinajstić information content (AvgIpc) is 3.42. The minimum atomic E-state index is -0.809. The second-order valence-electron chi connectivity index (χ2n) is 20.9. The molecular weight excluding hydrogens is 937 g/mol. The Hall–Kier alpha value is -3.93. The van der Waals surface area contributed by atoms with Crippen molar-refractivity contribution in [2.24, 2.45) is 0 Å². The van der Waals surface area contributed by atoms with E-state index in [1.54, 1.807) is 0 Å². The summed E-state index contributed by atoms with van der Waals surface area (Å²) >= 11 is 0. The second-order valence-corrected chi connectivity index (χ2v) is 20.9. The van der Waals surface area contributed by atoms with Crippen molar-refractivity contribution in [3.63, 3.8) is 0 Å². The van der Waals surface area contributed by atoms with Crippen LogP contribution in [-0.4, -0.2) is 37.2 Å². The van der Waals surface area contributed by atoms with Gasteiger partial charge in [-0.2, -0.15) is 0 Å². The Balaban J connectivity index is 4.49. The Bertz CT molecular complexity index is 1540. The Morgan fingerprint density at radius 2 is 0.526 bits per heavy atom. The van der Waals surface area contributed by atoms with E-state index in [1.165, 1.54) is 154 Å². The quantitative estimate of drug-likeness (QED) is 0.0261. The van der Waals surface area contributed by atoms with Crippen LogP contribution in [0.5, 0.6) is 0 Å². The summed E-state index contributed by atoms with van der Waals surface area (Å²) in [4.78, 5) is 38.3. The van der Waals surface area contributed by atoms with Gasteiger partial charge in [0.2, 0.25) is 0 Å². The highest BCUT2D eigenvalue weighted by molar-refractivity contribution is 5.71. The predicted molar refractivity (Wildman–Crippen MR) is 330 cm³/mol. The molecule has 0 fully saturated rings. The molecule has 0 spiro atoms. The molecule has 0 aliphatic carbocycles. The van der Waals surface area contributed by atoms with Crippen molar-refractivity contribution in [1.29, 1.82) is 0 Å². The number of carbonyl (C=O) groups excluding carboxylic acids is 3. The van der Waals surface area contributed by atoms with E-state index >= 15 is 0 Å². The normalized spacial score (nSPS) is 12.8. The van der Waals surface area contributed by atoms with E-state index < -0.39 is 6.10 Å². The molecule has 0 heterocycles. The number of hydrogen-bond donors (Lipinski definition) is 0. The van der Waals surface area contributed by atoms with Gasteiger partial charge in [0, 0.05) is 19.3 Å². The number of unbranched alkanes of at least 4 members (excludes halogenated alkanes) is 28. The first-order valence-electron chi connectivity index (χ1n) is 31.9. The van der Waals surface area contributed by atoms with Crippen molar-refractivity contribution in [2.45, 2.75) is 303 Å². The van der Waals surface area contributed by atoms with Gasteiger partial charge in [0.15, 0.2) is 6.10 Å². The van der Waals surface area contributed by atoms with E-state index in [-0.39, 0.29) is 37.5 Å². The molecule has 0 bridgehead atoms. The Morgan fingerprint density at radius 3 is 0.868 bits per heavy atom. The SMILES string of the molecule is CC/C=C\C/C=C\C/C=C\C/C=C\C/C=C\C/C=C\C/C=C\CCCC(=O)OCC(COC(=O)CCCCCCC/C=C\CCCCCCCCC)OC(=O)CCCCCCCCCCC/C=C\CCCCCCCC. The Labute approximate surface area is 470 Å². The molecule has 0 aliphatic rings. The van der Waals surface area contributed by atoms with Gasteiger partial charge in [-0.1, -0.05) is 265 Å². The van der Waals surface area contributed by atoms with Crippen LogP contribution in [0.25, 0.3) is 0 Å². The monoisotopic (exact) mass is 1050 g/mol. The third kappa shape index (κ3) is 60.9. The summed E-state index contributed by atoms with van der Waals surface area (Å²) < 4.78 is 16.9. The Kier molecular flexibility index (Phi) is 60.3. The molecule has 1 atom stereocenters. The zero-order valence-electron chi connectivity index (χ0n) is 49.7. The summed E-state index contributed by atoms with van der Waals surface area (Å²) in [6.07, 6.45) is 86.6. The molecule has 0 aromatic rings. The summed E-state index contributed by atoms with van der Waals surface area (Å²) in [6.45, 7) is 6.48. The minimum Gasteiger partial charge on any atom is -0.462 e. The fraction of sp³-hybridized carbons (Fsp3) is 0.700. The van der Waals surface area contributed by atoms with Crippen molar-refractivity contribution in [2.75, 3.05) is 13.2 Å². The maximum Gasteiger partial charge on any atom is 0.306 e. The van der Waals surface area contributed by atoms with Crippen LogP contribution >= 0.6 is 0 Å². The highest BCUT2D eigenvalue weighted by Crippen LogP contribution is 2.15. The van der Waals surface area contributed by atoms with Crippen molar-refractivity contribution >= 4 is 17.9 Å². The largest absolute Gasteiger partial charge is 0.462 e. The second kappa shape index (κ2) is 63.6. The van der Waals surface area contributed by atoms with Crippen LogP contribution < -0.4 is 0 Å². The molecule has 1 unspecified atom stereocenters. The van der Waals surface area contributed by atoms with Gasteiger partial charge in [-0.05, 0) is 122 Å². The van der Waals surface area contributed by atoms with E-state index in [9.17, 15) is 14.4 Å². The smallest absolute Gasteiger partial charge is 0.306 e. The molecule has 0 radical (unpaired) electrons. The maximum atomic E-state index is 12.9. The molecule has 6 heteroatoms. The van der Waals surface area contributed by atoms with E-state index in [0.29, 0.717) is 19.3 Å². The molecule has 76 heavy (non-hydrogen) atoms. The van der Waals surface area contributed by atoms with Crippen LogP contribution in [-0.2, 0) is 28.6 Å². The van der Waals surface area contributed by atoms with Gasteiger partial charge in [0.05, 0.1) is 0 Å². The van der Waals surface area contributed by atoms with Gasteiger partial charge in [-0.25, -0.2) is 0 Å². The standard InChI is InChI=1S/C70H118O6/c1-4-7-10-13-16-19-22-25-28-31-33-34-35-36-38-39-42-45-48-51-54-57-60-63-69(72)75-66-67(65-74-68(71)62-59-56-53-50-47-44-41-30-27-24-21-18-15-12-9-6-3)76-70(73)64-61-58-55-52-49-46-43-40-37-32-29-26-23-20-17-14-11-8-5-2/h7,10,16,19,25-26,28-30,33-34,36,38,41-42,45,51,54,67H,4-6,8-9,11-15,17-18,20-24,27,31-32,35,37,39-40,43-44,46-50,52-53,55-66H2,1-3H3/b10-7-,19-16-,28-25-,29-26-,34-33-,38-36-,41-30-,45-42-,54-51-. The first kappa shape index (κ1) is 72.1. The lowest BCUT2D eigenvalue weighted by molar-refractivity contribution is -0.167. The topological polar surface area (TPSA) is 78.9 Å². The van der Waals surface area contributed by atoms with Gasteiger partial charge in [-0.3, -0.25) is 14.4 Å². The summed E-state index contributed by atoms with van der Waals surface area (Å²) in [7, 11) is 0. The number of ether oxygens (including phenoxy) is 3. The van der Waals surface area contributed by atoms with E-state index in [1.807, 2.05) is 0 Å². The van der Waals surface area contributed by atoms with Crippen LogP contribution in [0.1, 0.15) is 297 Å². The van der Waals surface area contributed by atoms with Crippen molar-refractivity contribution < 1.29 is 28.6 Å². The molecule has 0 saturated heterocycles. The third-order valence-corrected chi connectivity index (χ3v) is 13.5. The zero-order chi connectivity index (χ0) is 55.0. The number of esters is 3. The van der Waals surface area contributed by atoms with E-state index in [2.05, 4.69) is 130 Å². The van der Waals surface area contributed by atoms with Crippen LogP contribution in [0.2, 0.25) is 0 Å². The van der Waals surface area contributed by atoms with Crippen molar-refractivity contribution in [3.8, 4) is 0 Å². The lowest BCUT2D eigenvalue weighted by Gasteiger charge is -2.18. The van der Waals surface area contributed by atoms with Gasteiger partial charge in [0.1, 0.15) is 13.2 Å². The molecule has 0 aromatic carbocycles. The molecule has 0 N–H and O–H groups in total. The molecule has 0 rings (SSSR count). The van der Waals surface area contributed by atoms with Gasteiger partial charge in [-0.15, -0.1) is 0 Å². The molecule has 6 nitrogen and oxygen atoms in total. The summed E-state index contributed by atoms with van der Waals surface area (Å²) in [6, 6.07) is 0. The fourth-order valence-corrected chi connectivity index (χ4v) is 8.72. The molecular formula is C70H118O6. The van der Waals surface area contributed by atoms with E-state index in [4.69, 9.17) is 14.2 Å². The minimum absolute atomic E-state index is 0.101. The number of hydrogen-bond acceptors (Lipinski definition) is 6. The van der Waals surface area contributed by atoms with Crippen LogP contribution in [0.15, 0.2) is 109 Å². The van der Waals surface area contributed by atoms with Crippen molar-refractivity contribution in [1.82, 2.24) is 0 Å². The summed E-state index contributed by atoms with van der Waals surface area (Å²) in [5, 5.41) is 0. The summed E-state index contributed by atoms with van der Waals surface area (Å²) in [5.41, 5.74) is 0. The highest BCUT2D eigenvalue weighted by atomic mass is 16.6. The van der Waals surface area contributed by atoms with Crippen LogP contribution in [0.4, 0.5) is 0 Å². The molecule has 0 saturated carbocycles. The number of rotatable bonds is 57. The van der Waals surface area contributed by atoms with Crippen molar-refractivity contribution in [3.05, 3.63) is 109 Å². The third-order valence-electron chi connectivity index (χ3n) is 13.5. The van der Waals surface area contributed by atoms with Crippen LogP contribution in [0.3, 0.4) is 0 Å². The summed E-state index contributed by atoms with van der Waals surface area (Å²) in [5.74, 6) is -0.966. The molecule has 434 valence electrons. The lowest BCUT2D eigenvalue weighted by Crippen LogP contribution is -2.30. The lowest BCUT2D eigenvalue weighted by atomic mass is 10.1.